The molecule has 20 heavy (non-hydrogen) atoms. The Morgan fingerprint density at radius 3 is 2.80 bits per heavy atom. The van der Waals surface area contributed by atoms with Gasteiger partial charge in [-0.15, -0.1) is 0 Å². The summed E-state index contributed by atoms with van der Waals surface area (Å²) in [6.07, 6.45) is 1.83. The van der Waals surface area contributed by atoms with Crippen molar-refractivity contribution < 1.29 is 14.3 Å². The Bertz CT molecular complexity index is 424. The third-order valence-electron chi connectivity index (χ3n) is 2.87. The van der Waals surface area contributed by atoms with Gasteiger partial charge in [0.05, 0.1) is 18.8 Å². The Kier molecular flexibility index (Phi) is 8.49. The molecule has 1 amide bonds. The lowest BCUT2D eigenvalue weighted by atomic mass is 10.1. The molecule has 0 heterocycles. The number of amides is 1. The molecule has 0 bridgehead atoms. The van der Waals surface area contributed by atoms with Crippen molar-refractivity contribution in [3.8, 4) is 0 Å². The summed E-state index contributed by atoms with van der Waals surface area (Å²) in [7, 11) is 1.66. The number of benzene rings is 1. The fourth-order valence-electron chi connectivity index (χ4n) is 1.69. The Balaban J connectivity index is 2.19. The second-order valence-corrected chi connectivity index (χ2v) is 5.30. The van der Waals surface area contributed by atoms with Gasteiger partial charge in [-0.25, -0.2) is 0 Å². The third kappa shape index (κ3) is 6.03. The van der Waals surface area contributed by atoms with Crippen molar-refractivity contribution in [2.75, 3.05) is 33.5 Å². The van der Waals surface area contributed by atoms with Crippen LogP contribution in [0.4, 0.5) is 0 Å². The van der Waals surface area contributed by atoms with Crippen molar-refractivity contribution in [3.05, 3.63) is 33.8 Å². The first-order chi connectivity index (χ1) is 9.66. The molecule has 0 aliphatic heterocycles. The van der Waals surface area contributed by atoms with Crippen LogP contribution < -0.4 is 5.32 Å². The molecule has 0 aliphatic rings. The van der Waals surface area contributed by atoms with Gasteiger partial charge in [-0.2, -0.15) is 0 Å². The fourth-order valence-corrected chi connectivity index (χ4v) is 2.14. The van der Waals surface area contributed by atoms with E-state index in [9.17, 15) is 4.79 Å². The molecule has 1 aromatic rings. The number of ether oxygens (including phenoxy) is 2. The predicted octanol–water partition coefficient (Wildman–Crippen LogP) is 2.93. The molecule has 0 unspecified atom stereocenters. The highest BCUT2D eigenvalue weighted by atomic mass is 79.9. The molecule has 0 saturated heterocycles. The number of carbonyl (C=O) groups is 1. The molecule has 0 fully saturated rings. The molecule has 0 aromatic heterocycles. The van der Waals surface area contributed by atoms with E-state index in [2.05, 4.69) is 21.2 Å². The van der Waals surface area contributed by atoms with Crippen molar-refractivity contribution in [2.45, 2.75) is 19.8 Å². The average molecular weight is 344 g/mol. The first-order valence-corrected chi connectivity index (χ1v) is 7.56. The van der Waals surface area contributed by atoms with Crippen LogP contribution >= 0.6 is 15.9 Å². The van der Waals surface area contributed by atoms with Gasteiger partial charge in [-0.1, -0.05) is 12.1 Å². The van der Waals surface area contributed by atoms with Crippen molar-refractivity contribution in [1.29, 1.82) is 0 Å². The molecule has 112 valence electrons. The van der Waals surface area contributed by atoms with Gasteiger partial charge in [0.2, 0.25) is 0 Å². The normalized spacial score (nSPS) is 10.6. The molecule has 0 spiro atoms. The van der Waals surface area contributed by atoms with Crippen LogP contribution in [-0.4, -0.2) is 39.4 Å². The maximum atomic E-state index is 12.0. The van der Waals surface area contributed by atoms with Crippen LogP contribution in [0.1, 0.15) is 28.8 Å². The average Bonchev–Trinajstić information content (AvgIpc) is 2.44. The van der Waals surface area contributed by atoms with Gasteiger partial charge in [0.15, 0.2) is 0 Å². The molecule has 1 N–H and O–H groups in total. The van der Waals surface area contributed by atoms with E-state index in [1.165, 1.54) is 0 Å². The Labute approximate surface area is 129 Å². The molecular weight excluding hydrogens is 322 g/mol. The number of halogens is 1. The summed E-state index contributed by atoms with van der Waals surface area (Å²) in [6.45, 7) is 4.58. The summed E-state index contributed by atoms with van der Waals surface area (Å²) < 4.78 is 11.1. The maximum Gasteiger partial charge on any atom is 0.252 e. The van der Waals surface area contributed by atoms with Crippen LogP contribution in [-0.2, 0) is 9.47 Å². The zero-order valence-corrected chi connectivity index (χ0v) is 13.7. The van der Waals surface area contributed by atoms with Crippen molar-refractivity contribution >= 4 is 21.8 Å². The van der Waals surface area contributed by atoms with E-state index in [4.69, 9.17) is 9.47 Å². The lowest BCUT2D eigenvalue weighted by molar-refractivity contribution is 0.0686. The smallest absolute Gasteiger partial charge is 0.252 e. The van der Waals surface area contributed by atoms with Gasteiger partial charge in [-0.05, 0) is 47.3 Å². The fraction of sp³-hybridized carbons (Fsp3) is 0.533. The highest BCUT2D eigenvalue weighted by molar-refractivity contribution is 9.10. The van der Waals surface area contributed by atoms with Crippen LogP contribution in [0.25, 0.3) is 0 Å². The number of aryl methyl sites for hydroxylation is 1. The van der Waals surface area contributed by atoms with Gasteiger partial charge >= 0.3 is 0 Å². The topological polar surface area (TPSA) is 47.6 Å². The second-order valence-electron chi connectivity index (χ2n) is 4.50. The van der Waals surface area contributed by atoms with Crippen molar-refractivity contribution in [2.24, 2.45) is 0 Å². The minimum Gasteiger partial charge on any atom is -0.382 e. The Morgan fingerprint density at radius 2 is 2.05 bits per heavy atom. The standard InChI is InChI=1S/C15H22BrNO3/c1-12-6-5-7-13(14(12)16)15(18)17-8-3-4-9-20-11-10-19-2/h5-7H,3-4,8-11H2,1-2H3,(H,17,18). The lowest BCUT2D eigenvalue weighted by Gasteiger charge is -2.08. The molecule has 0 radical (unpaired) electrons. The molecule has 4 nitrogen and oxygen atoms in total. The largest absolute Gasteiger partial charge is 0.382 e. The number of rotatable bonds is 9. The number of carbonyl (C=O) groups excluding carboxylic acids is 1. The predicted molar refractivity (Wildman–Crippen MR) is 83.1 cm³/mol. The Hall–Kier alpha value is -0.910. The number of methoxy groups -OCH3 is 1. The molecule has 0 aliphatic carbocycles. The first-order valence-electron chi connectivity index (χ1n) is 6.76. The number of hydrogen-bond acceptors (Lipinski definition) is 3. The van der Waals surface area contributed by atoms with Crippen LogP contribution in [0.2, 0.25) is 0 Å². The molecule has 1 aromatic carbocycles. The highest BCUT2D eigenvalue weighted by Gasteiger charge is 2.10. The van der Waals surface area contributed by atoms with E-state index < -0.39 is 0 Å². The van der Waals surface area contributed by atoms with Gasteiger partial charge in [0, 0.05) is 24.7 Å². The summed E-state index contributed by atoms with van der Waals surface area (Å²) >= 11 is 3.45. The van der Waals surface area contributed by atoms with Crippen molar-refractivity contribution in [1.82, 2.24) is 5.32 Å². The van der Waals surface area contributed by atoms with Crippen LogP contribution in [0, 0.1) is 6.92 Å². The summed E-state index contributed by atoms with van der Waals surface area (Å²) in [5.41, 5.74) is 1.74. The quantitative estimate of drug-likeness (QED) is 0.701. The lowest BCUT2D eigenvalue weighted by Crippen LogP contribution is -2.25. The number of hydrogen-bond donors (Lipinski definition) is 1. The van der Waals surface area contributed by atoms with Crippen LogP contribution in [0.3, 0.4) is 0 Å². The molecule has 0 atom stereocenters. The molecule has 0 saturated carbocycles. The zero-order chi connectivity index (χ0) is 14.8. The van der Waals surface area contributed by atoms with E-state index in [-0.39, 0.29) is 5.91 Å². The summed E-state index contributed by atoms with van der Waals surface area (Å²) in [5.74, 6) is -0.0409. The van der Waals surface area contributed by atoms with E-state index in [1.54, 1.807) is 7.11 Å². The number of nitrogens with one attached hydrogen (secondary N) is 1. The maximum absolute atomic E-state index is 12.0. The van der Waals surface area contributed by atoms with Crippen LogP contribution in [0.5, 0.6) is 0 Å². The molecule has 5 heteroatoms. The minimum absolute atomic E-state index is 0.0409. The third-order valence-corrected chi connectivity index (χ3v) is 3.92. The van der Waals surface area contributed by atoms with Gasteiger partial charge in [0.1, 0.15) is 0 Å². The highest BCUT2D eigenvalue weighted by Crippen LogP contribution is 2.20. The monoisotopic (exact) mass is 343 g/mol. The Morgan fingerprint density at radius 1 is 1.25 bits per heavy atom. The van der Waals surface area contributed by atoms with E-state index in [0.29, 0.717) is 31.9 Å². The second kappa shape index (κ2) is 9.91. The number of unbranched alkanes of at least 4 members (excludes halogenated alkanes) is 1. The molecular formula is C15H22BrNO3. The van der Waals surface area contributed by atoms with Gasteiger partial charge in [-0.3, -0.25) is 4.79 Å². The van der Waals surface area contributed by atoms with Crippen LogP contribution in [0.15, 0.2) is 22.7 Å². The SMILES string of the molecule is COCCOCCCCNC(=O)c1cccc(C)c1Br. The summed E-state index contributed by atoms with van der Waals surface area (Å²) in [5, 5.41) is 2.92. The van der Waals surface area contributed by atoms with Gasteiger partial charge in [0.25, 0.3) is 5.91 Å². The summed E-state index contributed by atoms with van der Waals surface area (Å²) in [6, 6.07) is 5.68. The van der Waals surface area contributed by atoms with Crippen molar-refractivity contribution in [3.63, 3.8) is 0 Å². The molecule has 1 rings (SSSR count). The van der Waals surface area contributed by atoms with E-state index >= 15 is 0 Å². The minimum atomic E-state index is -0.0409. The summed E-state index contributed by atoms with van der Waals surface area (Å²) in [4.78, 5) is 12.0. The van der Waals surface area contributed by atoms with Gasteiger partial charge < -0.3 is 14.8 Å². The van der Waals surface area contributed by atoms with E-state index in [0.717, 1.165) is 22.9 Å². The zero-order valence-electron chi connectivity index (χ0n) is 12.1. The first kappa shape index (κ1) is 17.1. The van der Waals surface area contributed by atoms with E-state index in [1.807, 2.05) is 25.1 Å².